The van der Waals surface area contributed by atoms with E-state index >= 15 is 0 Å². The molecule has 2 heterocycles. The molecule has 0 radical (unpaired) electrons. The zero-order valence-corrected chi connectivity index (χ0v) is 13.2. The number of hydrogen-bond donors (Lipinski definition) is 1. The fourth-order valence-corrected chi connectivity index (χ4v) is 4.22. The van der Waals surface area contributed by atoms with Crippen LogP contribution < -0.4 is 5.32 Å². The Morgan fingerprint density at radius 3 is 2.58 bits per heavy atom. The van der Waals surface area contributed by atoms with E-state index < -0.39 is 0 Å². The lowest BCUT2D eigenvalue weighted by Gasteiger charge is -2.28. The third-order valence-electron chi connectivity index (χ3n) is 3.66. The Kier molecular flexibility index (Phi) is 3.98. The lowest BCUT2D eigenvalue weighted by molar-refractivity contribution is -0.140. The van der Waals surface area contributed by atoms with E-state index in [9.17, 15) is 9.59 Å². The van der Waals surface area contributed by atoms with E-state index in [1.165, 1.54) is 0 Å². The summed E-state index contributed by atoms with van der Waals surface area (Å²) in [5.74, 6) is 1.04. The Bertz CT molecular complexity index is 389. The van der Waals surface area contributed by atoms with Crippen molar-refractivity contribution in [2.45, 2.75) is 64.5 Å². The van der Waals surface area contributed by atoms with Crippen molar-refractivity contribution in [2.75, 3.05) is 5.75 Å². The fourth-order valence-electron chi connectivity index (χ4n) is 2.77. The first kappa shape index (κ1) is 14.9. The first-order chi connectivity index (χ1) is 8.71. The first-order valence-electron chi connectivity index (χ1n) is 6.96. The predicted octanol–water partition coefficient (Wildman–Crippen LogP) is 1.64. The molecule has 4 nitrogen and oxygen atoms in total. The molecule has 19 heavy (non-hydrogen) atoms. The molecule has 0 aromatic carbocycles. The monoisotopic (exact) mass is 284 g/mol. The Labute approximate surface area is 119 Å². The van der Waals surface area contributed by atoms with Crippen molar-refractivity contribution in [1.82, 2.24) is 10.2 Å². The highest BCUT2D eigenvalue weighted by Crippen LogP contribution is 2.40. The summed E-state index contributed by atoms with van der Waals surface area (Å²) in [5, 5.41) is 3.48. The second kappa shape index (κ2) is 5.09. The predicted molar refractivity (Wildman–Crippen MR) is 78.0 cm³/mol. The molecule has 2 fully saturated rings. The van der Waals surface area contributed by atoms with Gasteiger partial charge in [0.15, 0.2) is 5.78 Å². The molecule has 0 aromatic heterocycles. The second-order valence-corrected chi connectivity index (χ2v) is 7.98. The Morgan fingerprint density at radius 1 is 1.42 bits per heavy atom. The summed E-state index contributed by atoms with van der Waals surface area (Å²) in [7, 11) is 0. The Hall–Kier alpha value is -0.550. The van der Waals surface area contributed by atoms with Gasteiger partial charge in [0.1, 0.15) is 6.04 Å². The van der Waals surface area contributed by atoms with Gasteiger partial charge in [0, 0.05) is 23.6 Å². The number of rotatable bonds is 3. The molecular formula is C14H24N2O2S. The van der Waals surface area contributed by atoms with Crippen LogP contribution in [0.3, 0.4) is 0 Å². The first-order valence-corrected chi connectivity index (χ1v) is 8.01. The molecule has 3 unspecified atom stereocenters. The van der Waals surface area contributed by atoms with E-state index in [2.05, 4.69) is 5.32 Å². The summed E-state index contributed by atoms with van der Waals surface area (Å²) in [6, 6.07) is -0.0646. The number of ketones is 1. The molecule has 2 rings (SSSR count). The third-order valence-corrected chi connectivity index (χ3v) is 4.97. The summed E-state index contributed by atoms with van der Waals surface area (Å²) in [4.78, 5) is 26.8. The summed E-state index contributed by atoms with van der Waals surface area (Å²) < 4.78 is 0. The number of amides is 1. The Balaban J connectivity index is 2.12. The van der Waals surface area contributed by atoms with Crippen LogP contribution in [0.15, 0.2) is 0 Å². The highest BCUT2D eigenvalue weighted by molar-refractivity contribution is 8.00. The number of hydrogen-bond acceptors (Lipinski definition) is 4. The quantitative estimate of drug-likeness (QED) is 0.856. The van der Waals surface area contributed by atoms with Crippen molar-refractivity contribution in [1.29, 1.82) is 0 Å². The van der Waals surface area contributed by atoms with Crippen LogP contribution in [0.5, 0.6) is 0 Å². The average molecular weight is 284 g/mol. The van der Waals surface area contributed by atoms with Gasteiger partial charge in [-0.15, -0.1) is 11.8 Å². The molecule has 3 atom stereocenters. The lowest BCUT2D eigenvalue weighted by Crippen LogP contribution is -2.49. The van der Waals surface area contributed by atoms with Gasteiger partial charge in [0.2, 0.25) is 5.91 Å². The molecular weight excluding hydrogens is 260 g/mol. The van der Waals surface area contributed by atoms with Gasteiger partial charge in [-0.2, -0.15) is 0 Å². The SMILES string of the molecule is CC(C)NC1CC2SCC(C(=O)C(C)(C)C)N2C1=O. The Morgan fingerprint density at radius 2 is 2.05 bits per heavy atom. The highest BCUT2D eigenvalue weighted by atomic mass is 32.2. The van der Waals surface area contributed by atoms with Crippen molar-refractivity contribution in [3.63, 3.8) is 0 Å². The smallest absolute Gasteiger partial charge is 0.241 e. The average Bonchev–Trinajstić information content (AvgIpc) is 2.78. The van der Waals surface area contributed by atoms with Crippen molar-refractivity contribution in [3.8, 4) is 0 Å². The van der Waals surface area contributed by atoms with Gasteiger partial charge in [-0.3, -0.25) is 9.59 Å². The fraction of sp³-hybridized carbons (Fsp3) is 0.857. The van der Waals surface area contributed by atoms with Gasteiger partial charge in [-0.1, -0.05) is 34.6 Å². The number of nitrogens with one attached hydrogen (secondary N) is 1. The summed E-state index contributed by atoms with van der Waals surface area (Å²) in [5.41, 5.74) is -0.385. The molecule has 1 N–H and O–H groups in total. The minimum Gasteiger partial charge on any atom is -0.318 e. The van der Waals surface area contributed by atoms with Crippen LogP contribution in [0.1, 0.15) is 41.0 Å². The minimum absolute atomic E-state index is 0.103. The van der Waals surface area contributed by atoms with Crippen LogP contribution in [0, 0.1) is 5.41 Å². The summed E-state index contributed by atoms with van der Waals surface area (Å²) >= 11 is 1.74. The summed E-state index contributed by atoms with van der Waals surface area (Å²) in [6.45, 7) is 9.87. The zero-order valence-electron chi connectivity index (χ0n) is 12.4. The van der Waals surface area contributed by atoms with E-state index in [4.69, 9.17) is 0 Å². The van der Waals surface area contributed by atoms with Crippen molar-refractivity contribution in [3.05, 3.63) is 0 Å². The number of thioether (sulfide) groups is 1. The molecule has 2 aliphatic rings. The second-order valence-electron chi connectivity index (χ2n) is 6.77. The van der Waals surface area contributed by atoms with E-state index in [0.29, 0.717) is 0 Å². The van der Waals surface area contributed by atoms with Crippen LogP contribution in [0.4, 0.5) is 0 Å². The van der Waals surface area contributed by atoms with E-state index in [1.54, 1.807) is 11.8 Å². The largest absolute Gasteiger partial charge is 0.318 e. The molecule has 2 saturated heterocycles. The lowest BCUT2D eigenvalue weighted by atomic mass is 9.86. The van der Waals surface area contributed by atoms with Gasteiger partial charge in [0.05, 0.1) is 11.4 Å². The van der Waals surface area contributed by atoms with Crippen LogP contribution in [0.25, 0.3) is 0 Å². The van der Waals surface area contributed by atoms with Crippen LogP contribution in [0.2, 0.25) is 0 Å². The minimum atomic E-state index is -0.385. The number of carbonyl (C=O) groups is 2. The third kappa shape index (κ3) is 2.82. The number of carbonyl (C=O) groups excluding carboxylic acids is 2. The molecule has 0 bridgehead atoms. The van der Waals surface area contributed by atoms with Gasteiger partial charge in [-0.25, -0.2) is 0 Å². The van der Waals surface area contributed by atoms with Crippen molar-refractivity contribution >= 4 is 23.5 Å². The molecule has 0 aliphatic carbocycles. The molecule has 0 saturated carbocycles. The van der Waals surface area contributed by atoms with Crippen molar-refractivity contribution < 1.29 is 9.59 Å². The highest BCUT2D eigenvalue weighted by Gasteiger charge is 2.51. The number of nitrogens with zero attached hydrogens (tertiary/aromatic N) is 1. The van der Waals surface area contributed by atoms with E-state index in [0.717, 1.165) is 12.2 Å². The van der Waals surface area contributed by atoms with Crippen LogP contribution >= 0.6 is 11.8 Å². The molecule has 1 amide bonds. The van der Waals surface area contributed by atoms with E-state index in [1.807, 2.05) is 39.5 Å². The van der Waals surface area contributed by atoms with Gasteiger partial charge < -0.3 is 10.2 Å². The molecule has 0 aromatic rings. The normalized spacial score (nSPS) is 31.2. The van der Waals surface area contributed by atoms with Crippen LogP contribution in [-0.2, 0) is 9.59 Å². The molecule has 5 heteroatoms. The maximum atomic E-state index is 12.5. The molecule has 2 aliphatic heterocycles. The van der Waals surface area contributed by atoms with Gasteiger partial charge in [-0.05, 0) is 0 Å². The van der Waals surface area contributed by atoms with Crippen LogP contribution in [-0.4, -0.2) is 45.8 Å². The summed E-state index contributed by atoms with van der Waals surface area (Å²) in [6.07, 6.45) is 0.815. The topological polar surface area (TPSA) is 49.4 Å². The number of Topliss-reactive ketones (excluding diaryl/α,β-unsaturated/α-hetero) is 1. The van der Waals surface area contributed by atoms with Gasteiger partial charge in [0.25, 0.3) is 0 Å². The maximum Gasteiger partial charge on any atom is 0.241 e. The molecule has 0 spiro atoms. The maximum absolute atomic E-state index is 12.5. The number of fused-ring (bicyclic) bond motifs is 1. The van der Waals surface area contributed by atoms with Crippen molar-refractivity contribution in [2.24, 2.45) is 5.41 Å². The molecule has 108 valence electrons. The van der Waals surface area contributed by atoms with Gasteiger partial charge >= 0.3 is 0 Å². The van der Waals surface area contributed by atoms with E-state index in [-0.39, 0.29) is 40.6 Å². The zero-order chi connectivity index (χ0) is 14.4. The standard InChI is InChI=1S/C14H24N2O2S/c1-8(2)15-9-6-11-16(13(9)18)10(7-19-11)12(17)14(3,4)5/h8-11,15H,6-7H2,1-5H3.